The standard InChI is InChI=1S/C19H25NO5/c1-10-7-12-5-6-13-8-15(19(3,4)24)25-17(13)14(12)9-20(10)16(11(2)21)18(22)23/h5-7,11,15-16,21,24H,8-9H2,1-4H3,(H,22,23)/t11-,15-,16+/m1/s1. The Bertz CT molecular complexity index is 732. The van der Waals surface area contributed by atoms with Gasteiger partial charge in [-0.05, 0) is 31.9 Å². The smallest absolute Gasteiger partial charge is 0.158 e. The van der Waals surface area contributed by atoms with Crippen molar-refractivity contribution >= 4 is 12.0 Å². The fourth-order valence-corrected chi connectivity index (χ4v) is 3.74. The molecule has 25 heavy (non-hydrogen) atoms. The van der Waals surface area contributed by atoms with Crippen LogP contribution >= 0.6 is 0 Å². The molecule has 3 N–H and O–H groups in total. The van der Waals surface area contributed by atoms with Crippen molar-refractivity contribution in [3.05, 3.63) is 34.5 Å². The maximum Gasteiger partial charge on any atom is 0.158 e. The summed E-state index contributed by atoms with van der Waals surface area (Å²) in [5.41, 5.74) is 2.78. The van der Waals surface area contributed by atoms with Crippen molar-refractivity contribution in [1.82, 2.24) is 0 Å². The number of aliphatic hydroxyl groups is 2. The summed E-state index contributed by atoms with van der Waals surface area (Å²) in [4.78, 5) is 12.2. The molecular formula is C19H25NO5. The molecule has 0 radical (unpaired) electrons. The molecule has 2 aliphatic heterocycles. The van der Waals surface area contributed by atoms with Crippen molar-refractivity contribution in [3.8, 4) is 5.75 Å². The highest BCUT2D eigenvalue weighted by Crippen LogP contribution is 2.38. The average molecular weight is 347 g/mol. The molecule has 136 valence electrons. The molecule has 1 aromatic rings. The van der Waals surface area contributed by atoms with Gasteiger partial charge in [-0.2, -0.15) is 0 Å². The van der Waals surface area contributed by atoms with Crippen molar-refractivity contribution in [3.63, 3.8) is 0 Å². The van der Waals surface area contributed by atoms with Gasteiger partial charge in [-0.3, -0.25) is 4.90 Å². The third-order valence-corrected chi connectivity index (χ3v) is 5.19. The van der Waals surface area contributed by atoms with Crippen LogP contribution in [0.15, 0.2) is 17.8 Å². The lowest BCUT2D eigenvalue weighted by Gasteiger charge is -2.34. The molecule has 6 nitrogen and oxygen atoms in total. The normalized spacial score (nSPS) is 24.6. The van der Waals surface area contributed by atoms with Gasteiger partial charge in [0.2, 0.25) is 0 Å². The molecule has 0 aliphatic carbocycles. The predicted octanol–water partition coefficient (Wildman–Crippen LogP) is -0.980. The van der Waals surface area contributed by atoms with Crippen molar-refractivity contribution in [2.45, 2.75) is 64.5 Å². The number of carboxylic acids is 1. The number of hydrogen-bond donors (Lipinski definition) is 3. The van der Waals surface area contributed by atoms with Crippen LogP contribution in [-0.2, 0) is 17.8 Å². The second-order valence-electron chi connectivity index (χ2n) is 7.65. The number of aliphatic hydroxyl groups excluding tert-OH is 1. The van der Waals surface area contributed by atoms with E-state index in [4.69, 9.17) is 4.74 Å². The Hall–Kier alpha value is -1.89. The van der Waals surface area contributed by atoms with Crippen molar-refractivity contribution < 1.29 is 29.8 Å². The van der Waals surface area contributed by atoms with Gasteiger partial charge in [0.25, 0.3) is 0 Å². The number of nitrogens with one attached hydrogen (secondary N) is 1. The Kier molecular flexibility index (Phi) is 4.39. The van der Waals surface area contributed by atoms with Crippen LogP contribution in [0.1, 0.15) is 44.4 Å². The van der Waals surface area contributed by atoms with Crippen molar-refractivity contribution in [1.29, 1.82) is 0 Å². The Morgan fingerprint density at radius 1 is 1.44 bits per heavy atom. The summed E-state index contributed by atoms with van der Waals surface area (Å²) in [6.07, 6.45) is 1.17. The molecule has 1 unspecified atom stereocenters. The summed E-state index contributed by atoms with van der Waals surface area (Å²) < 4.78 is 6.04. The Labute approximate surface area is 147 Å². The summed E-state index contributed by atoms with van der Waals surface area (Å²) in [7, 11) is 0. The van der Waals surface area contributed by atoms with Crippen LogP contribution in [0.5, 0.6) is 5.75 Å². The lowest BCUT2D eigenvalue weighted by Crippen LogP contribution is -3.16. The van der Waals surface area contributed by atoms with Crippen LogP contribution in [0, 0.1) is 0 Å². The molecule has 0 saturated heterocycles. The van der Waals surface area contributed by atoms with E-state index in [-0.39, 0.29) is 6.10 Å². The lowest BCUT2D eigenvalue weighted by molar-refractivity contribution is -0.898. The minimum absolute atomic E-state index is 0.335. The molecule has 2 heterocycles. The van der Waals surface area contributed by atoms with Gasteiger partial charge in [0.15, 0.2) is 6.04 Å². The molecule has 2 aliphatic rings. The summed E-state index contributed by atoms with van der Waals surface area (Å²) >= 11 is 0. The number of quaternary nitrogens is 1. The Morgan fingerprint density at radius 3 is 2.68 bits per heavy atom. The highest BCUT2D eigenvalue weighted by atomic mass is 16.5. The minimum atomic E-state index is -1.27. The molecule has 6 heteroatoms. The van der Waals surface area contributed by atoms with E-state index in [1.54, 1.807) is 13.8 Å². The summed E-state index contributed by atoms with van der Waals surface area (Å²) in [6, 6.07) is 2.95. The third-order valence-electron chi connectivity index (χ3n) is 5.19. The number of carboxylic acid groups (broad SMARTS) is 1. The van der Waals surface area contributed by atoms with Gasteiger partial charge in [0.1, 0.15) is 36.2 Å². The van der Waals surface area contributed by atoms with Gasteiger partial charge in [-0.25, -0.2) is 0 Å². The van der Waals surface area contributed by atoms with Crippen LogP contribution in [-0.4, -0.2) is 40.0 Å². The first-order valence-corrected chi connectivity index (χ1v) is 8.56. The molecule has 0 fully saturated rings. The van der Waals surface area contributed by atoms with Gasteiger partial charge in [0, 0.05) is 19.4 Å². The van der Waals surface area contributed by atoms with Crippen molar-refractivity contribution in [2.24, 2.45) is 0 Å². The maximum atomic E-state index is 11.5. The molecule has 3 rings (SSSR count). The highest BCUT2D eigenvalue weighted by molar-refractivity contribution is 5.71. The van der Waals surface area contributed by atoms with E-state index >= 15 is 0 Å². The third kappa shape index (κ3) is 3.17. The SMILES string of the molecule is CC1=Cc2ccc3c(c2C[NH+]1[C@H](C(=O)[O-])[C@@H](C)O)O[C@@H](C(C)(C)O)C3. The second kappa shape index (κ2) is 6.12. The van der Waals surface area contributed by atoms with Gasteiger partial charge < -0.3 is 24.9 Å². The van der Waals surface area contributed by atoms with Crippen LogP contribution in [0.3, 0.4) is 0 Å². The summed E-state index contributed by atoms with van der Waals surface area (Å²) in [5, 5.41) is 31.7. The molecule has 0 amide bonds. The fourth-order valence-electron chi connectivity index (χ4n) is 3.74. The number of carbonyl (C=O) groups is 1. The van der Waals surface area contributed by atoms with Gasteiger partial charge in [-0.1, -0.05) is 12.1 Å². The number of fused-ring (bicyclic) bond motifs is 3. The zero-order valence-corrected chi connectivity index (χ0v) is 15.0. The van der Waals surface area contributed by atoms with E-state index in [0.717, 1.165) is 28.1 Å². The Balaban J connectivity index is 1.99. The predicted molar refractivity (Wildman–Crippen MR) is 89.7 cm³/mol. The number of rotatable bonds is 4. The number of benzene rings is 1. The quantitative estimate of drug-likeness (QED) is 0.651. The second-order valence-corrected chi connectivity index (χ2v) is 7.65. The summed E-state index contributed by atoms with van der Waals surface area (Å²) in [5.74, 6) is -0.544. The van der Waals surface area contributed by atoms with E-state index in [0.29, 0.717) is 17.9 Å². The largest absolute Gasteiger partial charge is 0.544 e. The summed E-state index contributed by atoms with van der Waals surface area (Å²) in [6.45, 7) is 7.15. The maximum absolute atomic E-state index is 11.5. The van der Waals surface area contributed by atoms with Crippen LogP contribution in [0.4, 0.5) is 0 Å². The highest BCUT2D eigenvalue weighted by Gasteiger charge is 2.39. The van der Waals surface area contributed by atoms with E-state index in [1.807, 2.05) is 25.1 Å². The van der Waals surface area contributed by atoms with Crippen molar-refractivity contribution in [2.75, 3.05) is 0 Å². The Morgan fingerprint density at radius 2 is 2.12 bits per heavy atom. The zero-order valence-electron chi connectivity index (χ0n) is 15.0. The molecule has 1 aromatic carbocycles. The zero-order chi connectivity index (χ0) is 18.5. The van der Waals surface area contributed by atoms with Gasteiger partial charge >= 0.3 is 0 Å². The topological polar surface area (TPSA) is 94.3 Å². The van der Waals surface area contributed by atoms with E-state index in [1.165, 1.54) is 6.92 Å². The first kappa shape index (κ1) is 17.9. The van der Waals surface area contributed by atoms with Gasteiger partial charge in [0.05, 0.1) is 11.2 Å². The monoisotopic (exact) mass is 347 g/mol. The van der Waals surface area contributed by atoms with E-state index < -0.39 is 23.7 Å². The molecular weight excluding hydrogens is 322 g/mol. The van der Waals surface area contributed by atoms with Crippen LogP contribution in [0.2, 0.25) is 0 Å². The van der Waals surface area contributed by atoms with Crippen LogP contribution < -0.4 is 14.7 Å². The number of ether oxygens (including phenoxy) is 1. The molecule has 4 atom stereocenters. The van der Waals surface area contributed by atoms with E-state index in [2.05, 4.69) is 0 Å². The number of aliphatic carboxylic acids is 1. The van der Waals surface area contributed by atoms with E-state index in [9.17, 15) is 20.1 Å². The molecule has 0 bridgehead atoms. The van der Waals surface area contributed by atoms with Crippen LogP contribution in [0.25, 0.3) is 6.08 Å². The molecule has 0 saturated carbocycles. The molecule has 0 aromatic heterocycles. The lowest BCUT2D eigenvalue weighted by atomic mass is 9.93. The molecule has 0 spiro atoms. The fraction of sp³-hybridized carbons (Fsp3) is 0.526. The van der Waals surface area contributed by atoms with Gasteiger partial charge in [-0.15, -0.1) is 0 Å². The minimum Gasteiger partial charge on any atom is -0.544 e. The number of carbonyl (C=O) groups excluding carboxylic acids is 1. The first-order chi connectivity index (χ1) is 11.6. The number of hydrogen-bond acceptors (Lipinski definition) is 5. The first-order valence-electron chi connectivity index (χ1n) is 8.56. The average Bonchev–Trinajstić information content (AvgIpc) is 2.92. The number of allylic oxidation sites excluding steroid dienone is 1.